The van der Waals surface area contributed by atoms with Crippen LogP contribution >= 0.6 is 0 Å². The Morgan fingerprint density at radius 1 is 1.05 bits per heavy atom. The van der Waals surface area contributed by atoms with Crippen LogP contribution < -0.4 is 5.73 Å². The Bertz CT molecular complexity index is 294. The number of piperidine rings is 1. The summed E-state index contributed by atoms with van der Waals surface area (Å²) in [5.41, 5.74) is 6.91. The van der Waals surface area contributed by atoms with Crippen LogP contribution in [0.3, 0.4) is 0 Å². The topological polar surface area (TPSA) is 29.3 Å². The van der Waals surface area contributed by atoms with Crippen molar-refractivity contribution in [3.63, 3.8) is 0 Å². The fourth-order valence-corrected chi connectivity index (χ4v) is 4.17. The van der Waals surface area contributed by atoms with E-state index in [1.54, 1.807) is 0 Å². The highest BCUT2D eigenvalue weighted by Crippen LogP contribution is 2.40. The van der Waals surface area contributed by atoms with Gasteiger partial charge in [0.05, 0.1) is 0 Å². The number of hydrogen-bond donors (Lipinski definition) is 1. The molecule has 2 nitrogen and oxygen atoms in total. The highest BCUT2D eigenvalue weighted by molar-refractivity contribution is 4.95. The molecule has 2 aliphatic rings. The Kier molecular flexibility index (Phi) is 4.62. The molecule has 112 valence electrons. The van der Waals surface area contributed by atoms with E-state index in [0.717, 1.165) is 11.8 Å². The molecule has 2 fully saturated rings. The summed E-state index contributed by atoms with van der Waals surface area (Å²) in [6.45, 7) is 13.3. The zero-order valence-electron chi connectivity index (χ0n) is 13.7. The van der Waals surface area contributed by atoms with Crippen molar-refractivity contribution in [2.24, 2.45) is 23.0 Å². The number of nitrogens with two attached hydrogens (primary N) is 1. The summed E-state index contributed by atoms with van der Waals surface area (Å²) < 4.78 is 0. The Morgan fingerprint density at radius 2 is 1.74 bits per heavy atom. The van der Waals surface area contributed by atoms with Crippen molar-refractivity contribution >= 4 is 0 Å². The molecule has 0 aromatic heterocycles. The second kappa shape index (κ2) is 5.73. The van der Waals surface area contributed by atoms with E-state index in [1.807, 2.05) is 0 Å². The van der Waals surface area contributed by atoms with Gasteiger partial charge in [0.15, 0.2) is 0 Å². The fraction of sp³-hybridized carbons (Fsp3) is 1.00. The van der Waals surface area contributed by atoms with Gasteiger partial charge in [-0.15, -0.1) is 0 Å². The monoisotopic (exact) mass is 266 g/mol. The van der Waals surface area contributed by atoms with E-state index >= 15 is 0 Å². The van der Waals surface area contributed by atoms with Gasteiger partial charge in [0.25, 0.3) is 0 Å². The highest BCUT2D eigenvalue weighted by atomic mass is 15.2. The summed E-state index contributed by atoms with van der Waals surface area (Å²) >= 11 is 0. The number of rotatable bonds is 1. The van der Waals surface area contributed by atoms with Crippen LogP contribution in [-0.4, -0.2) is 29.6 Å². The molecular formula is C17H34N2. The van der Waals surface area contributed by atoms with Crippen molar-refractivity contribution in [2.45, 2.75) is 84.8 Å². The van der Waals surface area contributed by atoms with Crippen LogP contribution in [0.5, 0.6) is 0 Å². The molecule has 5 unspecified atom stereocenters. The van der Waals surface area contributed by atoms with Crippen molar-refractivity contribution in [2.75, 3.05) is 6.54 Å². The second-order valence-corrected chi connectivity index (χ2v) is 8.21. The first-order valence-electron chi connectivity index (χ1n) is 8.32. The average Bonchev–Trinajstić information content (AvgIpc) is 2.32. The number of likely N-dealkylation sites (tertiary alicyclic amines) is 1. The molecule has 0 radical (unpaired) electrons. The third-order valence-electron chi connectivity index (χ3n) is 5.94. The quantitative estimate of drug-likeness (QED) is 0.785. The van der Waals surface area contributed by atoms with E-state index in [9.17, 15) is 0 Å². The van der Waals surface area contributed by atoms with Crippen LogP contribution in [0, 0.1) is 17.3 Å². The van der Waals surface area contributed by atoms with Gasteiger partial charge in [-0.25, -0.2) is 0 Å². The first-order valence-corrected chi connectivity index (χ1v) is 8.32. The number of hydrogen-bond acceptors (Lipinski definition) is 2. The molecule has 1 heterocycles. The fourth-order valence-electron chi connectivity index (χ4n) is 4.17. The molecule has 1 aliphatic carbocycles. The van der Waals surface area contributed by atoms with Gasteiger partial charge in [-0.2, -0.15) is 0 Å². The van der Waals surface area contributed by atoms with Gasteiger partial charge >= 0.3 is 0 Å². The molecule has 19 heavy (non-hydrogen) atoms. The Morgan fingerprint density at radius 3 is 2.37 bits per heavy atom. The average molecular weight is 266 g/mol. The maximum atomic E-state index is 6.48. The molecule has 0 amide bonds. The van der Waals surface area contributed by atoms with Gasteiger partial charge in [0.1, 0.15) is 0 Å². The van der Waals surface area contributed by atoms with Crippen molar-refractivity contribution in [3.8, 4) is 0 Å². The zero-order valence-corrected chi connectivity index (χ0v) is 13.7. The first kappa shape index (κ1) is 15.3. The van der Waals surface area contributed by atoms with Gasteiger partial charge in [-0.05, 0) is 62.8 Å². The molecule has 0 bridgehead atoms. The SMILES string of the molecule is CC1CCCN(C2CC(C(C)(C)C)CCC2N)C1C. The summed E-state index contributed by atoms with van der Waals surface area (Å²) in [4.78, 5) is 2.75. The van der Waals surface area contributed by atoms with Crippen LogP contribution in [0.1, 0.15) is 66.7 Å². The molecular weight excluding hydrogens is 232 g/mol. The molecule has 5 atom stereocenters. The molecule has 0 aromatic rings. The standard InChI is InChI=1S/C17H34N2/c1-12-7-6-10-19(13(12)2)16-11-14(17(3,4)5)8-9-15(16)18/h12-16H,6-11,18H2,1-5H3. The lowest BCUT2D eigenvalue weighted by Gasteiger charge is -2.50. The normalized spacial score (nSPS) is 42.3. The minimum absolute atomic E-state index is 0.395. The number of nitrogens with zero attached hydrogens (tertiary/aromatic N) is 1. The summed E-state index contributed by atoms with van der Waals surface area (Å²) in [6, 6.07) is 1.73. The lowest BCUT2D eigenvalue weighted by atomic mass is 9.69. The van der Waals surface area contributed by atoms with E-state index in [-0.39, 0.29) is 0 Å². The summed E-state index contributed by atoms with van der Waals surface area (Å²) in [7, 11) is 0. The smallest absolute Gasteiger partial charge is 0.0252 e. The predicted molar refractivity (Wildman–Crippen MR) is 83.1 cm³/mol. The van der Waals surface area contributed by atoms with Crippen molar-refractivity contribution < 1.29 is 0 Å². The van der Waals surface area contributed by atoms with Crippen LogP contribution in [0.25, 0.3) is 0 Å². The third kappa shape index (κ3) is 3.33. The second-order valence-electron chi connectivity index (χ2n) is 8.21. The molecule has 2 heteroatoms. The summed E-state index contributed by atoms with van der Waals surface area (Å²) in [5.74, 6) is 1.66. The van der Waals surface area contributed by atoms with E-state index < -0.39 is 0 Å². The maximum absolute atomic E-state index is 6.48. The van der Waals surface area contributed by atoms with E-state index in [4.69, 9.17) is 5.73 Å². The molecule has 1 aliphatic heterocycles. The van der Waals surface area contributed by atoms with E-state index in [2.05, 4.69) is 39.5 Å². The Labute approximate surface area is 120 Å². The van der Waals surface area contributed by atoms with Crippen LogP contribution in [0.4, 0.5) is 0 Å². The van der Waals surface area contributed by atoms with Crippen LogP contribution in [-0.2, 0) is 0 Å². The zero-order chi connectivity index (χ0) is 14.2. The van der Waals surface area contributed by atoms with Crippen LogP contribution in [0.2, 0.25) is 0 Å². The van der Waals surface area contributed by atoms with Gasteiger partial charge in [0, 0.05) is 18.1 Å². The van der Waals surface area contributed by atoms with Gasteiger partial charge < -0.3 is 5.73 Å². The minimum Gasteiger partial charge on any atom is -0.326 e. The highest BCUT2D eigenvalue weighted by Gasteiger charge is 2.40. The lowest BCUT2D eigenvalue weighted by molar-refractivity contribution is 0.0110. The van der Waals surface area contributed by atoms with Crippen molar-refractivity contribution in [1.29, 1.82) is 0 Å². The first-order chi connectivity index (χ1) is 8.80. The largest absolute Gasteiger partial charge is 0.326 e. The van der Waals surface area contributed by atoms with Gasteiger partial charge in [0.2, 0.25) is 0 Å². The predicted octanol–water partition coefficient (Wildman–Crippen LogP) is 3.65. The van der Waals surface area contributed by atoms with Gasteiger partial charge in [-0.3, -0.25) is 4.90 Å². The van der Waals surface area contributed by atoms with Crippen molar-refractivity contribution in [1.82, 2.24) is 4.90 Å². The minimum atomic E-state index is 0.395. The molecule has 1 saturated heterocycles. The lowest BCUT2D eigenvalue weighted by Crippen LogP contribution is -2.58. The summed E-state index contributed by atoms with van der Waals surface area (Å²) in [5, 5.41) is 0. The van der Waals surface area contributed by atoms with Gasteiger partial charge in [-0.1, -0.05) is 27.7 Å². The molecule has 1 saturated carbocycles. The molecule has 2 N–H and O–H groups in total. The molecule has 2 rings (SSSR count). The van der Waals surface area contributed by atoms with E-state index in [0.29, 0.717) is 23.5 Å². The van der Waals surface area contributed by atoms with Crippen LogP contribution in [0.15, 0.2) is 0 Å². The Balaban J connectivity index is 2.08. The van der Waals surface area contributed by atoms with Crippen molar-refractivity contribution in [3.05, 3.63) is 0 Å². The summed E-state index contributed by atoms with van der Waals surface area (Å²) in [6.07, 6.45) is 6.59. The Hall–Kier alpha value is -0.0800. The molecule has 0 aromatic carbocycles. The third-order valence-corrected chi connectivity index (χ3v) is 5.94. The van der Waals surface area contributed by atoms with E-state index in [1.165, 1.54) is 38.6 Å². The molecule has 0 spiro atoms. The maximum Gasteiger partial charge on any atom is 0.0252 e.